The molecule has 350 valence electrons. The van der Waals surface area contributed by atoms with Gasteiger partial charge < -0.3 is 14.4 Å². The van der Waals surface area contributed by atoms with Crippen LogP contribution < -0.4 is 0 Å². The number of esters is 2. The van der Waals surface area contributed by atoms with Crippen molar-refractivity contribution in [3.05, 3.63) is 60.2 Å². The lowest BCUT2D eigenvalue weighted by Gasteiger charge is -2.22. The number of amides is 1. The van der Waals surface area contributed by atoms with E-state index in [1.807, 2.05) is 18.2 Å². The van der Waals surface area contributed by atoms with Crippen molar-refractivity contribution < 1.29 is 23.9 Å². The van der Waals surface area contributed by atoms with Crippen LogP contribution in [0.4, 0.5) is 0 Å². The quantitative estimate of drug-likeness (QED) is 0.0371. The highest BCUT2D eigenvalue weighted by Gasteiger charge is 2.17. The third-order valence-corrected chi connectivity index (χ3v) is 11.8. The Labute approximate surface area is 376 Å². The lowest BCUT2D eigenvalue weighted by molar-refractivity contribution is -0.144. The highest BCUT2D eigenvalue weighted by atomic mass is 16.5. The number of ether oxygens (including phenoxy) is 2. The summed E-state index contributed by atoms with van der Waals surface area (Å²) in [6.45, 7) is 5.35. The van der Waals surface area contributed by atoms with Crippen LogP contribution in [0.2, 0.25) is 0 Å². The van der Waals surface area contributed by atoms with Crippen molar-refractivity contribution in [3.63, 3.8) is 0 Å². The van der Waals surface area contributed by atoms with Crippen LogP contribution in [0.1, 0.15) is 255 Å². The largest absolute Gasteiger partial charge is 0.464 e. The molecule has 0 unspecified atom stereocenters. The summed E-state index contributed by atoms with van der Waals surface area (Å²) < 4.78 is 11.0. The molecule has 1 aromatic rings. The lowest BCUT2D eigenvalue weighted by atomic mass is 10.1. The fourth-order valence-electron chi connectivity index (χ4n) is 7.86. The van der Waals surface area contributed by atoms with Gasteiger partial charge in [-0.3, -0.25) is 14.4 Å². The maximum absolute atomic E-state index is 13.3. The summed E-state index contributed by atoms with van der Waals surface area (Å²) in [7, 11) is 0. The second kappa shape index (κ2) is 45.1. The smallest absolute Gasteiger partial charge is 0.305 e. The zero-order chi connectivity index (χ0) is 43.9. The Morgan fingerprint density at radius 3 is 1.03 bits per heavy atom. The van der Waals surface area contributed by atoms with E-state index in [4.69, 9.17) is 9.47 Å². The van der Waals surface area contributed by atoms with Gasteiger partial charge >= 0.3 is 11.9 Å². The van der Waals surface area contributed by atoms with Crippen molar-refractivity contribution in [1.82, 2.24) is 4.90 Å². The second-order valence-electron chi connectivity index (χ2n) is 17.6. The topological polar surface area (TPSA) is 72.9 Å². The molecule has 0 N–H and O–H groups in total. The predicted octanol–water partition coefficient (Wildman–Crippen LogP) is 16.4. The Morgan fingerprint density at radius 1 is 0.410 bits per heavy atom. The first kappa shape index (κ1) is 56.1. The summed E-state index contributed by atoms with van der Waals surface area (Å²) in [6.07, 6.45) is 53.4. The van der Waals surface area contributed by atoms with E-state index in [-0.39, 0.29) is 44.1 Å². The third kappa shape index (κ3) is 38.5. The number of benzene rings is 1. The molecule has 0 saturated carbocycles. The molecule has 1 rings (SSSR count). The number of hydrogen-bond donors (Lipinski definition) is 0. The molecule has 0 saturated heterocycles. The van der Waals surface area contributed by atoms with Crippen LogP contribution in [0.25, 0.3) is 0 Å². The van der Waals surface area contributed by atoms with Gasteiger partial charge in [0.2, 0.25) is 0 Å². The molecule has 0 aliphatic carbocycles. The van der Waals surface area contributed by atoms with Crippen molar-refractivity contribution in [2.75, 3.05) is 26.3 Å². The maximum atomic E-state index is 13.3. The molecular weight excluding hydrogens is 755 g/mol. The van der Waals surface area contributed by atoms with Gasteiger partial charge in [-0.1, -0.05) is 210 Å². The minimum Gasteiger partial charge on any atom is -0.464 e. The number of unbranched alkanes of at least 4 members (excludes halogenated alkanes) is 30. The number of allylic oxidation sites excluding steroid dienone is 4. The van der Waals surface area contributed by atoms with Crippen LogP contribution in [0.15, 0.2) is 54.6 Å². The summed E-state index contributed by atoms with van der Waals surface area (Å²) >= 11 is 0. The van der Waals surface area contributed by atoms with Crippen LogP contribution in [0, 0.1) is 0 Å². The average Bonchev–Trinajstić information content (AvgIpc) is 3.27. The molecule has 6 heteroatoms. The van der Waals surface area contributed by atoms with Crippen LogP contribution >= 0.6 is 0 Å². The van der Waals surface area contributed by atoms with Gasteiger partial charge in [0, 0.05) is 18.4 Å². The van der Waals surface area contributed by atoms with Gasteiger partial charge in [0.05, 0.1) is 13.1 Å². The highest BCUT2D eigenvalue weighted by molar-refractivity contribution is 5.94. The van der Waals surface area contributed by atoms with Gasteiger partial charge in [0.25, 0.3) is 5.91 Å². The minimum atomic E-state index is -0.211. The zero-order valence-electron chi connectivity index (χ0n) is 40.0. The van der Waals surface area contributed by atoms with Crippen LogP contribution in [-0.4, -0.2) is 49.0 Å². The van der Waals surface area contributed by atoms with Gasteiger partial charge in [0.15, 0.2) is 0 Å². The summed E-state index contributed by atoms with van der Waals surface area (Å²) in [5, 5.41) is 0. The Balaban J connectivity index is 2.07. The SMILES string of the molecule is CCCCCCCC/C=C/CCCCCCCCCCCC(=O)OCCN(CCOC(=O)CCCCCCCCCCC/C=C/CCCCCCCC)C(=O)c1ccccc1. The third-order valence-electron chi connectivity index (χ3n) is 11.8. The Morgan fingerprint density at radius 2 is 0.705 bits per heavy atom. The standard InChI is InChI=1S/C55H95NO5/c1-3-5-7-9-11-13-15-17-19-21-23-25-27-29-31-33-35-37-42-46-53(57)60-50-48-56(55(59)52-44-40-39-41-45-52)49-51-61-54(58)47-43-38-36-34-32-30-28-26-24-22-20-18-16-14-12-10-8-6-4-2/h17-20,39-41,44-45H,3-16,21-38,42-43,46-51H2,1-2H3/b19-17+,20-18+. The second-order valence-corrected chi connectivity index (χ2v) is 17.6. The van der Waals surface area contributed by atoms with E-state index >= 15 is 0 Å². The zero-order valence-corrected chi connectivity index (χ0v) is 40.0. The molecule has 1 aromatic carbocycles. The van der Waals surface area contributed by atoms with Crippen LogP contribution in [0.3, 0.4) is 0 Å². The van der Waals surface area contributed by atoms with E-state index < -0.39 is 0 Å². The van der Waals surface area contributed by atoms with E-state index in [0.717, 1.165) is 38.5 Å². The molecule has 0 fully saturated rings. The molecule has 0 spiro atoms. The van der Waals surface area contributed by atoms with Crippen molar-refractivity contribution in [1.29, 1.82) is 0 Å². The molecule has 61 heavy (non-hydrogen) atoms. The molecule has 0 radical (unpaired) electrons. The van der Waals surface area contributed by atoms with E-state index in [1.165, 1.54) is 180 Å². The fourth-order valence-corrected chi connectivity index (χ4v) is 7.86. The molecule has 0 atom stereocenters. The van der Waals surface area contributed by atoms with E-state index in [9.17, 15) is 14.4 Å². The van der Waals surface area contributed by atoms with E-state index in [2.05, 4.69) is 38.2 Å². The molecule has 0 heterocycles. The monoisotopic (exact) mass is 850 g/mol. The van der Waals surface area contributed by atoms with Crippen molar-refractivity contribution in [2.24, 2.45) is 0 Å². The number of hydrogen-bond acceptors (Lipinski definition) is 5. The molecule has 1 amide bonds. The molecular formula is C55H95NO5. The van der Waals surface area contributed by atoms with Crippen molar-refractivity contribution in [3.8, 4) is 0 Å². The molecule has 0 aliphatic heterocycles. The van der Waals surface area contributed by atoms with Crippen LogP contribution in [0.5, 0.6) is 0 Å². The normalized spacial score (nSPS) is 11.5. The maximum Gasteiger partial charge on any atom is 0.305 e. The summed E-state index contributed by atoms with van der Waals surface area (Å²) in [5.74, 6) is -0.576. The number of carbonyl (C=O) groups is 3. The minimum absolute atomic E-state index is 0.136. The molecule has 0 aromatic heterocycles. The van der Waals surface area contributed by atoms with Crippen molar-refractivity contribution >= 4 is 17.8 Å². The number of rotatable bonds is 45. The lowest BCUT2D eigenvalue weighted by Crippen LogP contribution is -2.37. The molecule has 0 aliphatic rings. The molecule has 0 bridgehead atoms. The van der Waals surface area contributed by atoms with Gasteiger partial charge in [-0.15, -0.1) is 0 Å². The molecule has 6 nitrogen and oxygen atoms in total. The predicted molar refractivity (Wildman–Crippen MR) is 260 cm³/mol. The summed E-state index contributed by atoms with van der Waals surface area (Å²) in [4.78, 5) is 39.8. The van der Waals surface area contributed by atoms with Crippen LogP contribution in [-0.2, 0) is 19.1 Å². The first-order chi connectivity index (χ1) is 30.1. The Kier molecular flexibility index (Phi) is 41.5. The first-order valence-electron chi connectivity index (χ1n) is 26.0. The van der Waals surface area contributed by atoms with Gasteiger partial charge in [-0.25, -0.2) is 0 Å². The Hall–Kier alpha value is -2.89. The van der Waals surface area contributed by atoms with Gasteiger partial charge in [-0.05, 0) is 76.3 Å². The number of nitrogens with zero attached hydrogens (tertiary/aromatic N) is 1. The number of carbonyl (C=O) groups excluding carboxylic acids is 3. The van der Waals surface area contributed by atoms with E-state index in [0.29, 0.717) is 18.4 Å². The van der Waals surface area contributed by atoms with Crippen molar-refractivity contribution in [2.45, 2.75) is 245 Å². The summed E-state index contributed by atoms with van der Waals surface area (Å²) in [6, 6.07) is 9.10. The summed E-state index contributed by atoms with van der Waals surface area (Å²) in [5.41, 5.74) is 0.567. The Bertz CT molecular complexity index is 1110. The highest BCUT2D eigenvalue weighted by Crippen LogP contribution is 2.15. The first-order valence-corrected chi connectivity index (χ1v) is 26.0. The van der Waals surface area contributed by atoms with E-state index in [1.54, 1.807) is 17.0 Å². The fraction of sp³-hybridized carbons (Fsp3) is 0.764. The van der Waals surface area contributed by atoms with Gasteiger partial charge in [0.1, 0.15) is 13.2 Å². The van der Waals surface area contributed by atoms with Gasteiger partial charge in [-0.2, -0.15) is 0 Å². The average molecular weight is 850 g/mol.